The Morgan fingerprint density at radius 3 is 3.06 bits per heavy atom. The zero-order valence-electron chi connectivity index (χ0n) is 9.90. The van der Waals surface area contributed by atoms with Gasteiger partial charge in [-0.15, -0.1) is 0 Å². The van der Waals surface area contributed by atoms with Gasteiger partial charge in [-0.2, -0.15) is 0 Å². The highest BCUT2D eigenvalue weighted by molar-refractivity contribution is 6.31. The number of piperidine rings is 1. The normalized spacial score (nSPS) is 20.9. The molecule has 18 heavy (non-hydrogen) atoms. The van der Waals surface area contributed by atoms with E-state index in [4.69, 9.17) is 16.7 Å². The molecule has 0 bridgehead atoms. The van der Waals surface area contributed by atoms with E-state index in [1.807, 2.05) is 4.90 Å². The molecule has 1 aromatic rings. The largest absolute Gasteiger partial charge is 0.481 e. The Kier molecular flexibility index (Phi) is 4.19. The fourth-order valence-corrected chi connectivity index (χ4v) is 2.50. The maximum atomic E-state index is 13.3. The van der Waals surface area contributed by atoms with Gasteiger partial charge in [0.05, 0.1) is 10.9 Å². The van der Waals surface area contributed by atoms with Gasteiger partial charge in [0.25, 0.3) is 0 Å². The highest BCUT2D eigenvalue weighted by Gasteiger charge is 2.25. The molecule has 1 aromatic carbocycles. The third kappa shape index (κ3) is 3.00. The average Bonchev–Trinajstić information content (AvgIpc) is 2.35. The molecule has 0 unspecified atom stereocenters. The second kappa shape index (κ2) is 5.67. The van der Waals surface area contributed by atoms with Crippen LogP contribution in [0.5, 0.6) is 0 Å². The molecule has 1 aliphatic rings. The summed E-state index contributed by atoms with van der Waals surface area (Å²) < 4.78 is 13.3. The monoisotopic (exact) mass is 271 g/mol. The van der Waals surface area contributed by atoms with Gasteiger partial charge in [-0.25, -0.2) is 4.39 Å². The van der Waals surface area contributed by atoms with E-state index >= 15 is 0 Å². The standard InChI is InChI=1S/C13H15ClFNO2/c14-12-9(3-1-5-11(12)15)7-16-6-2-4-10(8-16)13(17)18/h1,3,5,10H,2,4,6-8H2,(H,17,18)/t10-/m1/s1. The Labute approximate surface area is 110 Å². The molecule has 1 atom stereocenters. The van der Waals surface area contributed by atoms with E-state index < -0.39 is 11.8 Å². The first kappa shape index (κ1) is 13.3. The zero-order valence-corrected chi connectivity index (χ0v) is 10.7. The van der Waals surface area contributed by atoms with E-state index in [1.54, 1.807) is 12.1 Å². The van der Waals surface area contributed by atoms with Crippen molar-refractivity contribution in [2.24, 2.45) is 5.92 Å². The minimum Gasteiger partial charge on any atom is -0.481 e. The summed E-state index contributed by atoms with van der Waals surface area (Å²) in [6.45, 7) is 1.83. The van der Waals surface area contributed by atoms with Gasteiger partial charge in [-0.05, 0) is 31.0 Å². The van der Waals surface area contributed by atoms with Gasteiger partial charge < -0.3 is 5.11 Å². The smallest absolute Gasteiger partial charge is 0.307 e. The Morgan fingerprint density at radius 1 is 1.56 bits per heavy atom. The number of carboxylic acids is 1. The van der Waals surface area contributed by atoms with Crippen LogP contribution in [-0.4, -0.2) is 29.1 Å². The van der Waals surface area contributed by atoms with Crippen molar-refractivity contribution in [3.63, 3.8) is 0 Å². The van der Waals surface area contributed by atoms with Gasteiger partial charge >= 0.3 is 5.97 Å². The van der Waals surface area contributed by atoms with Crippen LogP contribution in [0.2, 0.25) is 5.02 Å². The average molecular weight is 272 g/mol. The number of hydrogen-bond donors (Lipinski definition) is 1. The second-order valence-electron chi connectivity index (χ2n) is 4.63. The minimum absolute atomic E-state index is 0.134. The van der Waals surface area contributed by atoms with Crippen LogP contribution < -0.4 is 0 Å². The lowest BCUT2D eigenvalue weighted by molar-refractivity contribution is -0.143. The second-order valence-corrected chi connectivity index (χ2v) is 5.00. The van der Waals surface area contributed by atoms with Crippen LogP contribution in [0.1, 0.15) is 18.4 Å². The van der Waals surface area contributed by atoms with Crippen LogP contribution >= 0.6 is 11.6 Å². The number of carbonyl (C=O) groups is 1. The highest BCUT2D eigenvalue weighted by Crippen LogP contribution is 2.24. The lowest BCUT2D eigenvalue weighted by Gasteiger charge is -2.30. The number of rotatable bonds is 3. The Morgan fingerprint density at radius 2 is 2.33 bits per heavy atom. The molecule has 1 heterocycles. The van der Waals surface area contributed by atoms with E-state index in [0.717, 1.165) is 13.0 Å². The highest BCUT2D eigenvalue weighted by atomic mass is 35.5. The van der Waals surface area contributed by atoms with Gasteiger partial charge in [0, 0.05) is 13.1 Å². The van der Waals surface area contributed by atoms with E-state index in [1.165, 1.54) is 6.07 Å². The number of carboxylic acid groups (broad SMARTS) is 1. The first-order valence-electron chi connectivity index (χ1n) is 5.96. The van der Waals surface area contributed by atoms with Crippen molar-refractivity contribution in [3.05, 3.63) is 34.6 Å². The molecule has 5 heteroatoms. The van der Waals surface area contributed by atoms with Crippen molar-refractivity contribution in [3.8, 4) is 0 Å². The third-order valence-corrected chi connectivity index (χ3v) is 3.70. The van der Waals surface area contributed by atoms with Gasteiger partial charge in [0.1, 0.15) is 5.82 Å². The van der Waals surface area contributed by atoms with Crippen molar-refractivity contribution in [1.29, 1.82) is 0 Å². The zero-order chi connectivity index (χ0) is 13.1. The summed E-state index contributed by atoms with van der Waals surface area (Å²) in [4.78, 5) is 13.0. The van der Waals surface area contributed by atoms with Crippen LogP contribution in [0.25, 0.3) is 0 Å². The lowest BCUT2D eigenvalue weighted by Crippen LogP contribution is -2.38. The number of nitrogens with zero attached hydrogens (tertiary/aromatic N) is 1. The summed E-state index contributed by atoms with van der Waals surface area (Å²) in [5.41, 5.74) is 0.711. The van der Waals surface area contributed by atoms with E-state index in [0.29, 0.717) is 25.1 Å². The SMILES string of the molecule is O=C(O)[C@@H]1CCCN(Cc2cccc(F)c2Cl)C1. The molecular weight excluding hydrogens is 257 g/mol. The van der Waals surface area contributed by atoms with Crippen LogP contribution in [0.3, 0.4) is 0 Å². The fourth-order valence-electron chi connectivity index (χ4n) is 2.31. The first-order chi connectivity index (χ1) is 8.58. The van der Waals surface area contributed by atoms with Crippen molar-refractivity contribution < 1.29 is 14.3 Å². The van der Waals surface area contributed by atoms with Crippen LogP contribution in [0.15, 0.2) is 18.2 Å². The molecule has 1 N–H and O–H groups in total. The predicted octanol–water partition coefficient (Wildman–Crippen LogP) is 2.78. The molecule has 1 fully saturated rings. The van der Waals surface area contributed by atoms with Gasteiger partial charge in [0.2, 0.25) is 0 Å². The predicted molar refractivity (Wildman–Crippen MR) is 67.0 cm³/mol. The maximum absolute atomic E-state index is 13.3. The fraction of sp³-hybridized carbons (Fsp3) is 0.462. The minimum atomic E-state index is -0.759. The molecule has 2 rings (SSSR count). The molecule has 0 aliphatic carbocycles. The third-order valence-electron chi connectivity index (χ3n) is 3.28. The maximum Gasteiger partial charge on any atom is 0.307 e. The number of benzene rings is 1. The molecule has 0 spiro atoms. The number of likely N-dealkylation sites (tertiary alicyclic amines) is 1. The molecule has 0 saturated carbocycles. The molecule has 0 radical (unpaired) electrons. The van der Waals surface area contributed by atoms with Crippen LogP contribution in [0.4, 0.5) is 4.39 Å². The van der Waals surface area contributed by atoms with Gasteiger partial charge in [-0.3, -0.25) is 9.69 Å². The number of aliphatic carboxylic acids is 1. The van der Waals surface area contributed by atoms with Crippen molar-refractivity contribution in [1.82, 2.24) is 4.90 Å². The van der Waals surface area contributed by atoms with Gasteiger partial charge in [-0.1, -0.05) is 23.7 Å². The summed E-state index contributed by atoms with van der Waals surface area (Å²) >= 11 is 5.89. The lowest BCUT2D eigenvalue weighted by atomic mass is 9.98. The van der Waals surface area contributed by atoms with Gasteiger partial charge in [0.15, 0.2) is 0 Å². The van der Waals surface area contributed by atoms with Crippen molar-refractivity contribution in [2.45, 2.75) is 19.4 Å². The van der Waals surface area contributed by atoms with E-state index in [9.17, 15) is 9.18 Å². The van der Waals surface area contributed by atoms with Crippen LogP contribution in [-0.2, 0) is 11.3 Å². The molecular formula is C13H15ClFNO2. The summed E-state index contributed by atoms with van der Waals surface area (Å²) in [5, 5.41) is 9.14. The van der Waals surface area contributed by atoms with Crippen molar-refractivity contribution in [2.75, 3.05) is 13.1 Å². The topological polar surface area (TPSA) is 40.5 Å². The Balaban J connectivity index is 2.05. The Bertz CT molecular complexity index is 453. The molecule has 98 valence electrons. The summed E-state index contributed by atoms with van der Waals surface area (Å²) in [7, 11) is 0. The Hall–Kier alpha value is -1.13. The van der Waals surface area contributed by atoms with E-state index in [-0.39, 0.29) is 10.9 Å². The number of halogens is 2. The van der Waals surface area contributed by atoms with E-state index in [2.05, 4.69) is 0 Å². The molecule has 0 aromatic heterocycles. The quantitative estimate of drug-likeness (QED) is 0.919. The molecule has 3 nitrogen and oxygen atoms in total. The van der Waals surface area contributed by atoms with Crippen molar-refractivity contribution >= 4 is 17.6 Å². The van der Waals surface area contributed by atoms with Crippen LogP contribution in [0, 0.1) is 11.7 Å². The summed E-state index contributed by atoms with van der Waals surface area (Å²) in [6.07, 6.45) is 1.56. The molecule has 0 amide bonds. The first-order valence-corrected chi connectivity index (χ1v) is 6.34. The molecule has 1 saturated heterocycles. The summed E-state index contributed by atoms with van der Waals surface area (Å²) in [5.74, 6) is -1.52. The summed E-state index contributed by atoms with van der Waals surface area (Å²) in [6, 6.07) is 4.72. The number of hydrogen-bond acceptors (Lipinski definition) is 2. The molecule has 1 aliphatic heterocycles.